The van der Waals surface area contributed by atoms with E-state index in [0.29, 0.717) is 10.6 Å². The third-order valence-corrected chi connectivity index (χ3v) is 3.52. The molecule has 0 heterocycles. The quantitative estimate of drug-likeness (QED) is 0.801. The Balaban J connectivity index is 1.84. The van der Waals surface area contributed by atoms with Crippen LogP contribution in [0.1, 0.15) is 28.4 Å². The molecule has 2 rings (SSSR count). The van der Waals surface area contributed by atoms with E-state index in [9.17, 15) is 23.1 Å². The second-order valence-corrected chi connectivity index (χ2v) is 5.62. The Morgan fingerprint density at radius 1 is 1.20 bits per heavy atom. The van der Waals surface area contributed by atoms with Gasteiger partial charge in [0.15, 0.2) is 0 Å². The number of ether oxygens (including phenoxy) is 1. The minimum Gasteiger partial charge on any atom is -0.406 e. The van der Waals surface area contributed by atoms with Crippen LogP contribution in [0.25, 0.3) is 0 Å². The first-order valence-electron chi connectivity index (χ1n) is 7.32. The molecule has 0 aromatic heterocycles. The molecule has 0 radical (unpaired) electrons. The van der Waals surface area contributed by atoms with E-state index in [1.165, 1.54) is 12.1 Å². The highest BCUT2D eigenvalue weighted by Gasteiger charge is 2.31. The van der Waals surface area contributed by atoms with Crippen molar-refractivity contribution in [2.75, 3.05) is 6.54 Å². The third kappa shape index (κ3) is 6.28. The zero-order chi connectivity index (χ0) is 18.4. The molecule has 0 saturated carbocycles. The summed E-state index contributed by atoms with van der Waals surface area (Å²) in [6, 6.07) is 11.3. The lowest BCUT2D eigenvalue weighted by Gasteiger charge is -2.12. The highest BCUT2D eigenvalue weighted by molar-refractivity contribution is 6.30. The highest BCUT2D eigenvalue weighted by Crippen LogP contribution is 2.23. The molecule has 4 nitrogen and oxygen atoms in total. The third-order valence-electron chi connectivity index (χ3n) is 3.29. The molecule has 0 saturated heterocycles. The molecule has 0 spiro atoms. The second-order valence-electron chi connectivity index (χ2n) is 5.19. The van der Waals surface area contributed by atoms with Gasteiger partial charge in [0, 0.05) is 17.1 Å². The van der Waals surface area contributed by atoms with Crippen molar-refractivity contribution in [2.24, 2.45) is 0 Å². The molecule has 0 aliphatic heterocycles. The molecule has 8 heteroatoms. The first kappa shape index (κ1) is 19.1. The number of nitrogens with one attached hydrogen (secondary N) is 1. The number of aliphatic hydroxyl groups is 1. The van der Waals surface area contributed by atoms with Gasteiger partial charge in [-0.2, -0.15) is 0 Å². The van der Waals surface area contributed by atoms with Gasteiger partial charge in [-0.15, -0.1) is 13.2 Å². The molecule has 1 amide bonds. The maximum absolute atomic E-state index is 12.1. The number of carbonyl (C=O) groups is 1. The van der Waals surface area contributed by atoms with Crippen LogP contribution in [0.5, 0.6) is 5.75 Å². The normalized spacial score (nSPS) is 12.5. The van der Waals surface area contributed by atoms with Crippen LogP contribution in [0.3, 0.4) is 0 Å². The van der Waals surface area contributed by atoms with Crippen LogP contribution in [0.15, 0.2) is 48.5 Å². The van der Waals surface area contributed by atoms with Crippen molar-refractivity contribution in [3.05, 3.63) is 64.7 Å². The Morgan fingerprint density at radius 2 is 1.88 bits per heavy atom. The van der Waals surface area contributed by atoms with Crippen molar-refractivity contribution < 1.29 is 27.8 Å². The van der Waals surface area contributed by atoms with E-state index < -0.39 is 24.1 Å². The van der Waals surface area contributed by atoms with E-state index in [0.717, 1.165) is 12.1 Å². The van der Waals surface area contributed by atoms with Gasteiger partial charge in [-0.05, 0) is 48.4 Å². The number of rotatable bonds is 6. The zero-order valence-corrected chi connectivity index (χ0v) is 13.6. The summed E-state index contributed by atoms with van der Waals surface area (Å²) in [7, 11) is 0. The summed E-state index contributed by atoms with van der Waals surface area (Å²) < 4.78 is 40.0. The van der Waals surface area contributed by atoms with Crippen molar-refractivity contribution in [2.45, 2.75) is 18.9 Å². The second kappa shape index (κ2) is 8.22. The topological polar surface area (TPSA) is 58.6 Å². The molecule has 2 aromatic carbocycles. The summed E-state index contributed by atoms with van der Waals surface area (Å²) in [5, 5.41) is 13.1. The van der Waals surface area contributed by atoms with Gasteiger partial charge in [-0.25, -0.2) is 0 Å². The predicted octanol–water partition coefficient (Wildman–Crippen LogP) is 4.09. The van der Waals surface area contributed by atoms with E-state index in [1.54, 1.807) is 24.3 Å². The van der Waals surface area contributed by atoms with Gasteiger partial charge in [0.05, 0.1) is 6.10 Å². The van der Waals surface area contributed by atoms with Crippen LogP contribution in [-0.4, -0.2) is 23.9 Å². The Labute approximate surface area is 147 Å². The summed E-state index contributed by atoms with van der Waals surface area (Å²) in [5.74, 6) is -0.864. The van der Waals surface area contributed by atoms with Gasteiger partial charge < -0.3 is 15.2 Å². The molecule has 0 bridgehead atoms. The number of aliphatic hydroxyl groups excluding tert-OH is 1. The summed E-state index contributed by atoms with van der Waals surface area (Å²) in [6.07, 6.45) is -5.30. The molecule has 134 valence electrons. The number of carbonyl (C=O) groups excluding carboxylic acids is 1. The fourth-order valence-corrected chi connectivity index (χ4v) is 2.31. The van der Waals surface area contributed by atoms with Gasteiger partial charge in [-0.1, -0.05) is 23.7 Å². The van der Waals surface area contributed by atoms with E-state index in [4.69, 9.17) is 11.6 Å². The Kier molecular flexibility index (Phi) is 6.27. The number of benzene rings is 2. The van der Waals surface area contributed by atoms with Crippen LogP contribution in [-0.2, 0) is 0 Å². The first-order valence-corrected chi connectivity index (χ1v) is 7.70. The van der Waals surface area contributed by atoms with E-state index in [1.807, 2.05) is 0 Å². The summed E-state index contributed by atoms with van der Waals surface area (Å²) >= 11 is 5.84. The molecule has 1 unspecified atom stereocenters. The monoisotopic (exact) mass is 373 g/mol. The predicted molar refractivity (Wildman–Crippen MR) is 86.5 cm³/mol. The van der Waals surface area contributed by atoms with Gasteiger partial charge in [0.2, 0.25) is 0 Å². The molecule has 25 heavy (non-hydrogen) atoms. The smallest absolute Gasteiger partial charge is 0.406 e. The molecule has 1 atom stereocenters. The SMILES string of the molecule is O=C(NCCC(O)c1cccc(Cl)c1)c1ccc(OC(F)(F)F)cc1. The molecule has 2 N–H and O–H groups in total. The Hall–Kier alpha value is -2.25. The van der Waals surface area contributed by atoms with Gasteiger partial charge in [0.25, 0.3) is 5.91 Å². The van der Waals surface area contributed by atoms with Crippen molar-refractivity contribution in [1.29, 1.82) is 0 Å². The van der Waals surface area contributed by atoms with E-state index >= 15 is 0 Å². The van der Waals surface area contributed by atoms with Crippen LogP contribution < -0.4 is 10.1 Å². The fourth-order valence-electron chi connectivity index (χ4n) is 2.11. The molecule has 0 aliphatic rings. The zero-order valence-electron chi connectivity index (χ0n) is 12.9. The number of halogens is 4. The van der Waals surface area contributed by atoms with Gasteiger partial charge in [-0.3, -0.25) is 4.79 Å². The number of hydrogen-bond donors (Lipinski definition) is 2. The largest absolute Gasteiger partial charge is 0.573 e. The Morgan fingerprint density at radius 3 is 2.48 bits per heavy atom. The minimum atomic E-state index is -4.78. The Bertz CT molecular complexity index is 720. The summed E-state index contributed by atoms with van der Waals surface area (Å²) in [5.41, 5.74) is 0.821. The standard InChI is InChI=1S/C17H15ClF3NO3/c18-13-3-1-2-12(10-13)15(23)8-9-22-16(24)11-4-6-14(7-5-11)25-17(19,20)21/h1-7,10,15,23H,8-9H2,(H,22,24). The molecular formula is C17H15ClF3NO3. The molecule has 2 aromatic rings. The number of hydrogen-bond acceptors (Lipinski definition) is 3. The van der Waals surface area contributed by atoms with Gasteiger partial charge in [0.1, 0.15) is 5.75 Å². The maximum atomic E-state index is 12.1. The van der Waals surface area contributed by atoms with Crippen LogP contribution in [0.4, 0.5) is 13.2 Å². The average Bonchev–Trinajstić information content (AvgIpc) is 2.53. The van der Waals surface area contributed by atoms with Crippen molar-refractivity contribution in [1.82, 2.24) is 5.32 Å². The minimum absolute atomic E-state index is 0.187. The lowest BCUT2D eigenvalue weighted by Crippen LogP contribution is -2.25. The van der Waals surface area contributed by atoms with Crippen molar-refractivity contribution in [3.8, 4) is 5.75 Å². The summed E-state index contributed by atoms with van der Waals surface area (Å²) in [6.45, 7) is 0.188. The fraction of sp³-hybridized carbons (Fsp3) is 0.235. The van der Waals surface area contributed by atoms with Crippen LogP contribution >= 0.6 is 11.6 Å². The average molecular weight is 374 g/mol. The van der Waals surface area contributed by atoms with E-state index in [-0.39, 0.29) is 18.5 Å². The first-order chi connectivity index (χ1) is 11.7. The lowest BCUT2D eigenvalue weighted by molar-refractivity contribution is -0.274. The van der Waals surface area contributed by atoms with Crippen LogP contribution in [0.2, 0.25) is 5.02 Å². The van der Waals surface area contributed by atoms with Crippen molar-refractivity contribution in [3.63, 3.8) is 0 Å². The molecule has 0 aliphatic carbocycles. The summed E-state index contributed by atoms with van der Waals surface area (Å²) in [4.78, 5) is 11.9. The highest BCUT2D eigenvalue weighted by atomic mass is 35.5. The van der Waals surface area contributed by atoms with Crippen molar-refractivity contribution >= 4 is 17.5 Å². The lowest BCUT2D eigenvalue weighted by atomic mass is 10.1. The van der Waals surface area contributed by atoms with E-state index in [2.05, 4.69) is 10.1 Å². The molecular weight excluding hydrogens is 359 g/mol. The number of alkyl halides is 3. The van der Waals surface area contributed by atoms with Gasteiger partial charge >= 0.3 is 6.36 Å². The number of amides is 1. The molecule has 0 fully saturated rings. The maximum Gasteiger partial charge on any atom is 0.573 e. The van der Waals surface area contributed by atoms with Crippen LogP contribution in [0, 0.1) is 0 Å².